The van der Waals surface area contributed by atoms with Crippen LogP contribution >= 0.6 is 0 Å². The van der Waals surface area contributed by atoms with Crippen molar-refractivity contribution in [1.82, 2.24) is 9.80 Å². The molecule has 1 N–H and O–H groups in total. The molecule has 17 heavy (non-hydrogen) atoms. The van der Waals surface area contributed by atoms with Crippen LogP contribution in [0.25, 0.3) is 0 Å². The second kappa shape index (κ2) is 4.13. The van der Waals surface area contributed by atoms with Crippen LogP contribution in [0.3, 0.4) is 0 Å². The third-order valence-corrected chi connectivity index (χ3v) is 3.82. The van der Waals surface area contributed by atoms with E-state index in [0.29, 0.717) is 11.6 Å². The van der Waals surface area contributed by atoms with Gasteiger partial charge in [-0.05, 0) is 17.7 Å². The first-order chi connectivity index (χ1) is 8.24. The number of fused-ring (bicyclic) bond motifs is 3. The van der Waals surface area contributed by atoms with Gasteiger partial charge in [0.15, 0.2) is 0 Å². The molecular weight excluding hydrogens is 216 g/mol. The molecule has 1 aromatic carbocycles. The molecule has 90 valence electrons. The zero-order valence-corrected chi connectivity index (χ0v) is 9.67. The minimum absolute atomic E-state index is 0.366. The molecule has 4 nitrogen and oxygen atoms in total. The number of piperazine rings is 3. The lowest BCUT2D eigenvalue weighted by Gasteiger charge is -2.47. The Hall–Kier alpha value is -1.39. The molecule has 3 fully saturated rings. The van der Waals surface area contributed by atoms with Gasteiger partial charge in [0.1, 0.15) is 0 Å². The molecule has 3 saturated heterocycles. The summed E-state index contributed by atoms with van der Waals surface area (Å²) >= 11 is 0. The molecule has 4 rings (SSSR count). The molecule has 0 amide bonds. The lowest BCUT2D eigenvalue weighted by molar-refractivity contribution is 0.0123. The molecular formula is C13H16N2O2. The highest BCUT2D eigenvalue weighted by atomic mass is 16.4. The average Bonchev–Trinajstić information content (AvgIpc) is 2.40. The van der Waals surface area contributed by atoms with Crippen LogP contribution in [0.1, 0.15) is 22.0 Å². The zero-order valence-electron chi connectivity index (χ0n) is 9.67. The fourth-order valence-electron chi connectivity index (χ4n) is 2.78. The van der Waals surface area contributed by atoms with Crippen molar-refractivity contribution in [2.24, 2.45) is 0 Å². The van der Waals surface area contributed by atoms with E-state index in [-0.39, 0.29) is 0 Å². The molecule has 3 aliphatic heterocycles. The molecule has 1 unspecified atom stereocenters. The van der Waals surface area contributed by atoms with E-state index in [0.717, 1.165) is 19.6 Å². The minimum atomic E-state index is -0.856. The number of carbonyl (C=O) groups is 1. The highest BCUT2D eigenvalue weighted by Crippen LogP contribution is 2.28. The van der Waals surface area contributed by atoms with Gasteiger partial charge in [0.25, 0.3) is 0 Å². The molecule has 2 bridgehead atoms. The van der Waals surface area contributed by atoms with Gasteiger partial charge in [-0.2, -0.15) is 0 Å². The van der Waals surface area contributed by atoms with Crippen molar-refractivity contribution >= 4 is 5.97 Å². The summed E-state index contributed by atoms with van der Waals surface area (Å²) in [4.78, 5) is 15.8. The molecule has 0 aromatic heterocycles. The van der Waals surface area contributed by atoms with Crippen molar-refractivity contribution in [1.29, 1.82) is 0 Å². The number of hydrogen-bond donors (Lipinski definition) is 1. The van der Waals surface area contributed by atoms with E-state index in [1.807, 2.05) is 12.1 Å². The smallest absolute Gasteiger partial charge is 0.335 e. The Morgan fingerprint density at radius 3 is 2.24 bits per heavy atom. The first-order valence-electron chi connectivity index (χ1n) is 6.04. The Kier molecular flexibility index (Phi) is 2.61. The fraction of sp³-hybridized carbons (Fsp3) is 0.462. The number of nitrogens with zero attached hydrogens (tertiary/aromatic N) is 2. The lowest BCUT2D eigenvalue weighted by atomic mass is 9.98. The number of hydrogen-bond acceptors (Lipinski definition) is 3. The SMILES string of the molecule is O=C(O)c1ccc(C2CN3CCN2CC3)cc1. The first kappa shape index (κ1) is 10.7. The summed E-state index contributed by atoms with van der Waals surface area (Å²) in [6.07, 6.45) is 0. The average molecular weight is 232 g/mol. The summed E-state index contributed by atoms with van der Waals surface area (Å²) in [5.74, 6) is -0.856. The number of aromatic carboxylic acids is 1. The van der Waals surface area contributed by atoms with Gasteiger partial charge in [0.05, 0.1) is 5.56 Å². The van der Waals surface area contributed by atoms with Gasteiger partial charge in [0.2, 0.25) is 0 Å². The summed E-state index contributed by atoms with van der Waals surface area (Å²) in [5.41, 5.74) is 1.60. The van der Waals surface area contributed by atoms with E-state index in [4.69, 9.17) is 5.11 Å². The maximum atomic E-state index is 10.8. The molecule has 0 spiro atoms. The van der Waals surface area contributed by atoms with E-state index in [2.05, 4.69) is 9.80 Å². The quantitative estimate of drug-likeness (QED) is 0.828. The summed E-state index contributed by atoms with van der Waals surface area (Å²) < 4.78 is 0. The van der Waals surface area contributed by atoms with Crippen LogP contribution in [0.15, 0.2) is 24.3 Å². The van der Waals surface area contributed by atoms with Gasteiger partial charge in [-0.1, -0.05) is 12.1 Å². The highest BCUT2D eigenvalue weighted by molar-refractivity contribution is 5.87. The second-order valence-electron chi connectivity index (χ2n) is 4.78. The molecule has 4 heteroatoms. The summed E-state index contributed by atoms with van der Waals surface area (Å²) in [7, 11) is 0. The zero-order chi connectivity index (χ0) is 11.8. The summed E-state index contributed by atoms with van der Waals surface area (Å²) in [5, 5.41) is 8.87. The second-order valence-corrected chi connectivity index (χ2v) is 4.78. The van der Waals surface area contributed by atoms with Crippen LogP contribution in [0.5, 0.6) is 0 Å². The van der Waals surface area contributed by atoms with Gasteiger partial charge >= 0.3 is 5.97 Å². The molecule has 0 aliphatic carbocycles. The fourth-order valence-corrected chi connectivity index (χ4v) is 2.78. The van der Waals surface area contributed by atoms with Crippen molar-refractivity contribution < 1.29 is 9.90 Å². The van der Waals surface area contributed by atoms with Crippen molar-refractivity contribution in [2.75, 3.05) is 32.7 Å². The van der Waals surface area contributed by atoms with Gasteiger partial charge in [-0.3, -0.25) is 9.80 Å². The van der Waals surface area contributed by atoms with Crippen molar-refractivity contribution in [3.8, 4) is 0 Å². The lowest BCUT2D eigenvalue weighted by Crippen LogP contribution is -2.56. The molecule has 0 radical (unpaired) electrons. The van der Waals surface area contributed by atoms with Gasteiger partial charge in [-0.25, -0.2) is 4.79 Å². The first-order valence-corrected chi connectivity index (χ1v) is 6.04. The van der Waals surface area contributed by atoms with Crippen molar-refractivity contribution in [2.45, 2.75) is 6.04 Å². The van der Waals surface area contributed by atoms with Gasteiger partial charge in [-0.15, -0.1) is 0 Å². The Morgan fingerprint density at radius 2 is 1.76 bits per heavy atom. The van der Waals surface area contributed by atoms with Crippen LogP contribution in [-0.2, 0) is 0 Å². The van der Waals surface area contributed by atoms with E-state index in [1.165, 1.54) is 18.7 Å². The topological polar surface area (TPSA) is 43.8 Å². The summed E-state index contributed by atoms with van der Waals surface area (Å²) in [6.45, 7) is 5.68. The van der Waals surface area contributed by atoms with Gasteiger partial charge in [0, 0.05) is 38.8 Å². The van der Waals surface area contributed by atoms with E-state index in [9.17, 15) is 4.79 Å². The number of rotatable bonds is 2. The van der Waals surface area contributed by atoms with Gasteiger partial charge < -0.3 is 5.11 Å². The van der Waals surface area contributed by atoms with E-state index in [1.54, 1.807) is 12.1 Å². The minimum Gasteiger partial charge on any atom is -0.478 e. The predicted octanol–water partition coefficient (Wildman–Crippen LogP) is 1.06. The molecule has 3 heterocycles. The Morgan fingerprint density at radius 1 is 1.12 bits per heavy atom. The molecule has 1 atom stereocenters. The number of benzene rings is 1. The van der Waals surface area contributed by atoms with Crippen LogP contribution in [0, 0.1) is 0 Å². The van der Waals surface area contributed by atoms with Crippen molar-refractivity contribution in [3.05, 3.63) is 35.4 Å². The molecule has 0 saturated carbocycles. The van der Waals surface area contributed by atoms with Crippen LogP contribution in [0.2, 0.25) is 0 Å². The van der Waals surface area contributed by atoms with Crippen LogP contribution < -0.4 is 0 Å². The van der Waals surface area contributed by atoms with Crippen LogP contribution in [0.4, 0.5) is 0 Å². The largest absolute Gasteiger partial charge is 0.478 e. The third-order valence-electron chi connectivity index (χ3n) is 3.82. The molecule has 1 aromatic rings. The Balaban J connectivity index is 1.82. The molecule has 3 aliphatic rings. The normalized spacial score (nSPS) is 31.4. The number of carboxylic acids is 1. The predicted molar refractivity (Wildman–Crippen MR) is 64.2 cm³/mol. The van der Waals surface area contributed by atoms with Crippen LogP contribution in [-0.4, -0.2) is 53.6 Å². The number of carboxylic acid groups (broad SMARTS) is 1. The standard InChI is InChI=1S/C13H16N2O2/c16-13(17)11-3-1-10(2-4-11)12-9-14-5-7-15(12)8-6-14/h1-4,12H,5-9H2,(H,16,17). The maximum absolute atomic E-state index is 10.8. The monoisotopic (exact) mass is 232 g/mol. The Bertz CT molecular complexity index is 422. The van der Waals surface area contributed by atoms with Crippen molar-refractivity contribution in [3.63, 3.8) is 0 Å². The third kappa shape index (κ3) is 1.94. The summed E-state index contributed by atoms with van der Waals surface area (Å²) in [6, 6.07) is 7.76. The van der Waals surface area contributed by atoms with E-state index >= 15 is 0 Å². The van der Waals surface area contributed by atoms with E-state index < -0.39 is 5.97 Å². The Labute approximate surface area is 100 Å². The highest BCUT2D eigenvalue weighted by Gasteiger charge is 2.32. The maximum Gasteiger partial charge on any atom is 0.335 e.